The number of amides is 3. The van der Waals surface area contributed by atoms with E-state index in [4.69, 9.17) is 10.5 Å². The molecule has 3 aliphatic rings. The Hall–Kier alpha value is -4.64. The second-order valence-corrected chi connectivity index (χ2v) is 13.9. The Morgan fingerprint density at radius 2 is 1.67 bits per heavy atom. The Bertz CT molecular complexity index is 1790. The molecule has 8 nitrogen and oxygen atoms in total. The number of carbonyl (C=O) groups is 3. The van der Waals surface area contributed by atoms with Gasteiger partial charge in [-0.05, 0) is 91.8 Å². The van der Waals surface area contributed by atoms with Gasteiger partial charge >= 0.3 is 0 Å². The lowest BCUT2D eigenvalue weighted by Crippen LogP contribution is -2.62. The lowest BCUT2D eigenvalue weighted by atomic mass is 9.82. The molecule has 0 aromatic heterocycles. The molecule has 3 aromatic carbocycles. The van der Waals surface area contributed by atoms with E-state index >= 15 is 0 Å². The van der Waals surface area contributed by atoms with E-state index in [1.54, 1.807) is 0 Å². The zero-order valence-corrected chi connectivity index (χ0v) is 28.9. The molecule has 1 saturated carbocycles. The van der Waals surface area contributed by atoms with Crippen LogP contribution in [0.2, 0.25) is 0 Å². The molecular formula is C40H45F3N4O4. The SMILES string of the molecule is Cc1ccccc1CCN(C(=O)C1=C(c2ccc(CCCOc3c(F)ccc(F)c3F)cc2)C[C@@H]2CN(C(=O)CCCC(N)=O)C[C@H]1N2)C1CC1. The molecule has 2 aliphatic heterocycles. The van der Waals surface area contributed by atoms with Crippen molar-refractivity contribution in [2.75, 3.05) is 26.2 Å². The van der Waals surface area contributed by atoms with Crippen molar-refractivity contribution in [1.82, 2.24) is 15.1 Å². The molecule has 3 N–H and O–H groups in total. The third-order valence-corrected chi connectivity index (χ3v) is 10.1. The van der Waals surface area contributed by atoms with E-state index in [1.165, 1.54) is 11.1 Å². The molecule has 0 radical (unpaired) electrons. The van der Waals surface area contributed by atoms with E-state index in [-0.39, 0.29) is 49.4 Å². The summed E-state index contributed by atoms with van der Waals surface area (Å²) in [5.74, 6) is -4.64. The predicted octanol–water partition coefficient (Wildman–Crippen LogP) is 5.64. The quantitative estimate of drug-likeness (QED) is 0.158. The van der Waals surface area contributed by atoms with Gasteiger partial charge < -0.3 is 25.6 Å². The smallest absolute Gasteiger partial charge is 0.252 e. The van der Waals surface area contributed by atoms with Crippen LogP contribution in [0.3, 0.4) is 0 Å². The fraction of sp³-hybridized carbons (Fsp3) is 0.425. The molecule has 6 rings (SSSR count). The Morgan fingerprint density at radius 3 is 2.39 bits per heavy atom. The number of rotatable bonds is 15. The van der Waals surface area contributed by atoms with Crippen molar-refractivity contribution < 1.29 is 32.3 Å². The van der Waals surface area contributed by atoms with E-state index in [0.717, 1.165) is 48.1 Å². The van der Waals surface area contributed by atoms with Crippen molar-refractivity contribution in [2.45, 2.75) is 82.8 Å². The van der Waals surface area contributed by atoms with Crippen LogP contribution in [-0.4, -0.2) is 71.9 Å². The lowest BCUT2D eigenvalue weighted by Gasteiger charge is -2.45. The maximum absolute atomic E-state index is 14.7. The van der Waals surface area contributed by atoms with E-state index < -0.39 is 29.1 Å². The minimum absolute atomic E-state index is 0.00176. The predicted molar refractivity (Wildman–Crippen MR) is 188 cm³/mol. The highest BCUT2D eigenvalue weighted by Crippen LogP contribution is 2.37. The maximum atomic E-state index is 14.7. The van der Waals surface area contributed by atoms with Gasteiger partial charge in [0.1, 0.15) is 0 Å². The Labute approximate surface area is 296 Å². The van der Waals surface area contributed by atoms with E-state index in [0.29, 0.717) is 50.9 Å². The van der Waals surface area contributed by atoms with E-state index in [9.17, 15) is 27.6 Å². The molecule has 0 spiro atoms. The summed E-state index contributed by atoms with van der Waals surface area (Å²) in [6.45, 7) is 3.55. The fourth-order valence-electron chi connectivity index (χ4n) is 7.23. The van der Waals surface area contributed by atoms with Crippen molar-refractivity contribution in [2.24, 2.45) is 5.73 Å². The number of primary amides is 1. The van der Waals surface area contributed by atoms with E-state index in [1.807, 2.05) is 46.2 Å². The first-order valence-electron chi connectivity index (χ1n) is 17.8. The molecule has 11 heteroatoms. The average Bonchev–Trinajstić information content (AvgIpc) is 3.95. The number of piperazine rings is 1. The van der Waals surface area contributed by atoms with Gasteiger partial charge in [-0.1, -0.05) is 48.5 Å². The minimum Gasteiger partial charge on any atom is -0.488 e. The number of benzene rings is 3. The molecule has 2 heterocycles. The summed E-state index contributed by atoms with van der Waals surface area (Å²) in [7, 11) is 0. The Balaban J connectivity index is 1.21. The number of nitrogens with zero attached hydrogens (tertiary/aromatic N) is 2. The lowest BCUT2D eigenvalue weighted by molar-refractivity contribution is -0.134. The van der Waals surface area contributed by atoms with Crippen LogP contribution in [0.25, 0.3) is 5.57 Å². The summed E-state index contributed by atoms with van der Waals surface area (Å²) in [6.07, 6.45) is 5.04. The molecule has 51 heavy (non-hydrogen) atoms. The summed E-state index contributed by atoms with van der Waals surface area (Å²) in [5, 5.41) is 3.65. The fourth-order valence-corrected chi connectivity index (χ4v) is 7.23. The minimum atomic E-state index is -1.34. The second kappa shape index (κ2) is 16.1. The van der Waals surface area contributed by atoms with Gasteiger partial charge in [0.2, 0.25) is 17.6 Å². The van der Waals surface area contributed by atoms with Crippen LogP contribution in [-0.2, 0) is 27.2 Å². The van der Waals surface area contributed by atoms with Crippen LogP contribution in [0.4, 0.5) is 13.2 Å². The number of hydrogen-bond acceptors (Lipinski definition) is 5. The van der Waals surface area contributed by atoms with Gasteiger partial charge in [-0.2, -0.15) is 4.39 Å². The van der Waals surface area contributed by atoms with Crippen molar-refractivity contribution >= 4 is 23.3 Å². The van der Waals surface area contributed by atoms with Gasteiger partial charge in [-0.25, -0.2) is 8.78 Å². The third kappa shape index (κ3) is 8.81. The number of hydrogen-bond donors (Lipinski definition) is 2. The first-order chi connectivity index (χ1) is 24.6. The second-order valence-electron chi connectivity index (χ2n) is 13.9. The van der Waals surface area contributed by atoms with E-state index in [2.05, 4.69) is 24.4 Å². The summed E-state index contributed by atoms with van der Waals surface area (Å²) in [6, 6.07) is 17.6. The van der Waals surface area contributed by atoms with Gasteiger partial charge in [0.15, 0.2) is 17.4 Å². The van der Waals surface area contributed by atoms with Crippen molar-refractivity contribution in [3.8, 4) is 5.75 Å². The molecule has 1 aliphatic carbocycles. The Morgan fingerprint density at radius 1 is 0.922 bits per heavy atom. The van der Waals surface area contributed by atoms with Crippen molar-refractivity contribution in [3.63, 3.8) is 0 Å². The molecule has 2 atom stereocenters. The highest BCUT2D eigenvalue weighted by Gasteiger charge is 2.43. The number of aryl methyl sites for hydroxylation is 2. The number of ether oxygens (including phenoxy) is 1. The van der Waals surface area contributed by atoms with Crippen LogP contribution in [0.1, 0.15) is 67.2 Å². The molecule has 0 unspecified atom stereocenters. The summed E-state index contributed by atoms with van der Waals surface area (Å²) < 4.78 is 46.7. The normalized spacial score (nSPS) is 18.5. The van der Waals surface area contributed by atoms with Gasteiger partial charge in [0.05, 0.1) is 12.6 Å². The third-order valence-electron chi connectivity index (χ3n) is 10.1. The molecule has 3 aromatic rings. The van der Waals surface area contributed by atoms with Crippen molar-refractivity contribution in [1.29, 1.82) is 0 Å². The average molecular weight is 703 g/mol. The first-order valence-corrected chi connectivity index (χ1v) is 17.8. The van der Waals surface area contributed by atoms with Crippen LogP contribution in [0.15, 0.2) is 66.2 Å². The number of carbonyl (C=O) groups excluding carboxylic acids is 3. The van der Waals surface area contributed by atoms with Gasteiger partial charge in [0.25, 0.3) is 5.91 Å². The molecule has 2 fully saturated rings. The summed E-state index contributed by atoms with van der Waals surface area (Å²) >= 11 is 0. The van der Waals surface area contributed by atoms with Crippen LogP contribution < -0.4 is 15.8 Å². The van der Waals surface area contributed by atoms with Gasteiger partial charge in [-0.15, -0.1) is 0 Å². The maximum Gasteiger partial charge on any atom is 0.252 e. The molecular weight excluding hydrogens is 657 g/mol. The van der Waals surface area contributed by atoms with Gasteiger partial charge in [0, 0.05) is 50.1 Å². The molecule has 2 bridgehead atoms. The zero-order chi connectivity index (χ0) is 36.1. The Kier molecular flexibility index (Phi) is 11.4. The summed E-state index contributed by atoms with van der Waals surface area (Å²) in [4.78, 5) is 43.0. The number of fused-ring (bicyclic) bond motifs is 2. The highest BCUT2D eigenvalue weighted by molar-refractivity contribution is 6.03. The number of nitrogens with two attached hydrogens (primary N) is 1. The topological polar surface area (TPSA) is 105 Å². The van der Waals surface area contributed by atoms with Gasteiger partial charge in [-0.3, -0.25) is 14.4 Å². The summed E-state index contributed by atoms with van der Waals surface area (Å²) in [5.41, 5.74) is 11.3. The monoisotopic (exact) mass is 702 g/mol. The number of halogens is 3. The number of nitrogens with one attached hydrogen (secondary N) is 1. The van der Waals surface area contributed by atoms with Crippen LogP contribution >= 0.6 is 0 Å². The molecule has 3 amide bonds. The largest absolute Gasteiger partial charge is 0.488 e. The highest BCUT2D eigenvalue weighted by atomic mass is 19.2. The van der Waals surface area contributed by atoms with Crippen molar-refractivity contribution in [3.05, 3.63) is 106 Å². The first kappa shape index (κ1) is 36.2. The van der Waals surface area contributed by atoms with Crippen LogP contribution in [0, 0.1) is 24.4 Å². The molecule has 270 valence electrons. The molecule has 1 saturated heterocycles. The van der Waals surface area contributed by atoms with Crippen LogP contribution in [0.5, 0.6) is 5.75 Å². The standard InChI is InChI=1S/C40H45F3N4O4/c1-25-6-2-3-8-27(25)19-20-47(30-15-16-30)40(50)37-31(22-29-23-46(24-34(37)45-29)36(49)10-4-9-35(44)48)28-13-11-26(12-14-28)7-5-21-51-39-33(42)18-17-32(41)38(39)43/h2-3,6,8,11-14,17-18,29-30,34,45H,4-5,7,9-10,15-16,19-24H2,1H3,(H2,44,48)/t29-,34-/m1/s1. The zero-order valence-electron chi connectivity index (χ0n) is 28.9.